The van der Waals surface area contributed by atoms with Crippen molar-refractivity contribution in [2.75, 3.05) is 33.3 Å². The van der Waals surface area contributed by atoms with Crippen LogP contribution in [0.1, 0.15) is 32.6 Å². The Labute approximate surface area is 116 Å². The third-order valence-electron chi connectivity index (χ3n) is 4.38. The lowest BCUT2D eigenvalue weighted by molar-refractivity contribution is -0.134. The summed E-state index contributed by atoms with van der Waals surface area (Å²) in [6, 6.07) is 0.783. The molecular weight excluding hydrogens is 242 g/mol. The van der Waals surface area contributed by atoms with Gasteiger partial charge in [-0.05, 0) is 32.6 Å². The molecule has 5 heteroatoms. The van der Waals surface area contributed by atoms with Crippen molar-refractivity contribution >= 4 is 5.91 Å². The molecule has 0 aromatic rings. The minimum Gasteiger partial charge on any atom is -0.381 e. The van der Waals surface area contributed by atoms with E-state index in [9.17, 15) is 4.79 Å². The first kappa shape index (κ1) is 14.8. The van der Waals surface area contributed by atoms with Crippen molar-refractivity contribution in [1.82, 2.24) is 9.80 Å². The van der Waals surface area contributed by atoms with E-state index in [1.54, 1.807) is 7.11 Å². The van der Waals surface area contributed by atoms with Crippen LogP contribution in [-0.4, -0.2) is 67.2 Å². The van der Waals surface area contributed by atoms with E-state index >= 15 is 0 Å². The fourth-order valence-electron chi connectivity index (χ4n) is 3.02. The number of amides is 1. The van der Waals surface area contributed by atoms with Crippen LogP contribution in [0.2, 0.25) is 0 Å². The zero-order valence-corrected chi connectivity index (χ0v) is 12.2. The predicted octanol–water partition coefficient (Wildman–Crippen LogP) is 0.435. The van der Waals surface area contributed by atoms with E-state index < -0.39 is 0 Å². The quantitative estimate of drug-likeness (QED) is 0.760. The number of rotatable bonds is 6. The van der Waals surface area contributed by atoms with Crippen molar-refractivity contribution < 1.29 is 9.53 Å². The monoisotopic (exact) mass is 269 g/mol. The maximum absolute atomic E-state index is 12.3. The number of methoxy groups -OCH3 is 1. The first-order valence-corrected chi connectivity index (χ1v) is 7.46. The summed E-state index contributed by atoms with van der Waals surface area (Å²) in [4.78, 5) is 16.6. The number of hydrogen-bond donors (Lipinski definition) is 1. The zero-order valence-electron chi connectivity index (χ0n) is 12.2. The van der Waals surface area contributed by atoms with Crippen LogP contribution in [0.5, 0.6) is 0 Å². The Balaban J connectivity index is 1.88. The SMILES string of the molecule is CCN(C(=O)CN1CCC(OC)CC1CN)C1CC1. The summed E-state index contributed by atoms with van der Waals surface area (Å²) in [7, 11) is 1.75. The maximum Gasteiger partial charge on any atom is 0.236 e. The summed E-state index contributed by atoms with van der Waals surface area (Å²) in [5.41, 5.74) is 5.84. The Morgan fingerprint density at radius 3 is 2.68 bits per heavy atom. The number of hydrogen-bond acceptors (Lipinski definition) is 4. The molecule has 2 fully saturated rings. The van der Waals surface area contributed by atoms with Crippen LogP contribution in [0.25, 0.3) is 0 Å². The highest BCUT2D eigenvalue weighted by Gasteiger charge is 2.34. The number of carbonyl (C=O) groups excluding carboxylic acids is 1. The first-order valence-electron chi connectivity index (χ1n) is 7.46. The van der Waals surface area contributed by atoms with Gasteiger partial charge in [0.25, 0.3) is 0 Å². The molecule has 1 saturated heterocycles. The fourth-order valence-corrected chi connectivity index (χ4v) is 3.02. The minimum absolute atomic E-state index is 0.263. The van der Waals surface area contributed by atoms with Gasteiger partial charge in [0.05, 0.1) is 12.6 Å². The second-order valence-electron chi connectivity index (χ2n) is 5.65. The number of nitrogens with zero attached hydrogens (tertiary/aromatic N) is 2. The molecule has 1 saturated carbocycles. The van der Waals surface area contributed by atoms with Crippen molar-refractivity contribution in [1.29, 1.82) is 0 Å². The first-order chi connectivity index (χ1) is 9.19. The van der Waals surface area contributed by atoms with Crippen LogP contribution in [-0.2, 0) is 9.53 Å². The Hall–Kier alpha value is -0.650. The van der Waals surface area contributed by atoms with E-state index in [-0.39, 0.29) is 11.9 Å². The van der Waals surface area contributed by atoms with Gasteiger partial charge in [-0.3, -0.25) is 9.69 Å². The molecule has 2 N–H and O–H groups in total. The third-order valence-corrected chi connectivity index (χ3v) is 4.38. The number of likely N-dealkylation sites (tertiary alicyclic amines) is 1. The molecule has 1 aliphatic heterocycles. The van der Waals surface area contributed by atoms with Crippen molar-refractivity contribution in [2.24, 2.45) is 5.73 Å². The van der Waals surface area contributed by atoms with E-state index in [0.29, 0.717) is 25.2 Å². The molecule has 110 valence electrons. The lowest BCUT2D eigenvalue weighted by Crippen LogP contribution is -2.52. The molecule has 2 unspecified atom stereocenters. The van der Waals surface area contributed by atoms with Crippen LogP contribution < -0.4 is 5.73 Å². The second-order valence-corrected chi connectivity index (χ2v) is 5.65. The highest BCUT2D eigenvalue weighted by molar-refractivity contribution is 5.79. The second kappa shape index (κ2) is 6.68. The normalized spacial score (nSPS) is 28.4. The summed E-state index contributed by atoms with van der Waals surface area (Å²) in [6.07, 6.45) is 4.58. The van der Waals surface area contributed by atoms with Crippen LogP contribution in [0.4, 0.5) is 0 Å². The Bertz CT molecular complexity index is 307. The molecule has 0 spiro atoms. The van der Waals surface area contributed by atoms with Gasteiger partial charge in [-0.1, -0.05) is 0 Å². The third kappa shape index (κ3) is 3.68. The lowest BCUT2D eigenvalue weighted by atomic mass is 9.99. The number of ether oxygens (including phenoxy) is 1. The average Bonchev–Trinajstić information content (AvgIpc) is 3.24. The molecule has 1 aliphatic carbocycles. The smallest absolute Gasteiger partial charge is 0.236 e. The zero-order chi connectivity index (χ0) is 13.8. The van der Waals surface area contributed by atoms with Gasteiger partial charge in [0, 0.05) is 38.8 Å². The topological polar surface area (TPSA) is 58.8 Å². The van der Waals surface area contributed by atoms with E-state index in [4.69, 9.17) is 10.5 Å². The molecule has 0 aromatic heterocycles. The van der Waals surface area contributed by atoms with E-state index in [1.807, 2.05) is 4.90 Å². The molecular formula is C14H27N3O2. The van der Waals surface area contributed by atoms with Crippen molar-refractivity contribution in [3.8, 4) is 0 Å². The van der Waals surface area contributed by atoms with Gasteiger partial charge in [-0.25, -0.2) is 0 Å². The molecule has 5 nitrogen and oxygen atoms in total. The van der Waals surface area contributed by atoms with Crippen LogP contribution >= 0.6 is 0 Å². The van der Waals surface area contributed by atoms with Gasteiger partial charge in [-0.2, -0.15) is 0 Å². The fraction of sp³-hybridized carbons (Fsp3) is 0.929. The van der Waals surface area contributed by atoms with Gasteiger partial charge >= 0.3 is 0 Å². The Kier molecular flexibility index (Phi) is 5.19. The molecule has 2 aliphatic rings. The number of nitrogens with two attached hydrogens (primary N) is 1. The van der Waals surface area contributed by atoms with Gasteiger partial charge in [0.2, 0.25) is 5.91 Å². The van der Waals surface area contributed by atoms with Crippen LogP contribution in [0.3, 0.4) is 0 Å². The highest BCUT2D eigenvalue weighted by atomic mass is 16.5. The van der Waals surface area contributed by atoms with Crippen molar-refractivity contribution in [3.63, 3.8) is 0 Å². The predicted molar refractivity (Wildman–Crippen MR) is 74.9 cm³/mol. The summed E-state index contributed by atoms with van der Waals surface area (Å²) in [6.45, 7) is 4.92. The molecule has 2 atom stereocenters. The molecule has 19 heavy (non-hydrogen) atoms. The standard InChI is InChI=1S/C14H27N3O2/c1-3-17(11-4-5-11)14(18)10-16-7-6-13(19-2)8-12(16)9-15/h11-13H,3-10,15H2,1-2H3. The van der Waals surface area contributed by atoms with E-state index in [2.05, 4.69) is 11.8 Å². The van der Waals surface area contributed by atoms with Gasteiger partial charge in [0.1, 0.15) is 0 Å². The largest absolute Gasteiger partial charge is 0.381 e. The van der Waals surface area contributed by atoms with E-state index in [0.717, 1.165) is 25.9 Å². The Morgan fingerprint density at radius 1 is 1.42 bits per heavy atom. The summed E-state index contributed by atoms with van der Waals surface area (Å²) >= 11 is 0. The molecule has 1 heterocycles. The maximum atomic E-state index is 12.3. The summed E-state index contributed by atoms with van der Waals surface area (Å²) in [5, 5.41) is 0. The van der Waals surface area contributed by atoms with Crippen molar-refractivity contribution in [2.45, 2.75) is 50.8 Å². The van der Waals surface area contributed by atoms with Crippen molar-refractivity contribution in [3.05, 3.63) is 0 Å². The summed E-state index contributed by atoms with van der Waals surface area (Å²) < 4.78 is 5.42. The average molecular weight is 269 g/mol. The molecule has 0 bridgehead atoms. The Morgan fingerprint density at radius 2 is 2.16 bits per heavy atom. The van der Waals surface area contributed by atoms with E-state index in [1.165, 1.54) is 12.8 Å². The highest BCUT2D eigenvalue weighted by Crippen LogP contribution is 2.27. The lowest BCUT2D eigenvalue weighted by Gasteiger charge is -2.38. The number of piperidine rings is 1. The van der Waals surface area contributed by atoms with Crippen LogP contribution in [0.15, 0.2) is 0 Å². The minimum atomic E-state index is 0.263. The number of likely N-dealkylation sites (N-methyl/N-ethyl adjacent to an activating group) is 1. The van der Waals surface area contributed by atoms with Gasteiger partial charge in [0.15, 0.2) is 0 Å². The van der Waals surface area contributed by atoms with Gasteiger partial charge in [-0.15, -0.1) is 0 Å². The molecule has 0 aromatic carbocycles. The summed E-state index contributed by atoms with van der Waals surface area (Å²) in [5.74, 6) is 0.263. The molecule has 1 amide bonds. The number of carbonyl (C=O) groups is 1. The molecule has 2 rings (SSSR count). The van der Waals surface area contributed by atoms with Crippen LogP contribution in [0, 0.1) is 0 Å². The molecule has 0 radical (unpaired) electrons. The van der Waals surface area contributed by atoms with Gasteiger partial charge < -0.3 is 15.4 Å².